The lowest BCUT2D eigenvalue weighted by molar-refractivity contribution is 0.137. The van der Waals surface area contributed by atoms with E-state index in [-0.39, 0.29) is 13.2 Å². The Labute approximate surface area is 147 Å². The van der Waals surface area contributed by atoms with Crippen LogP contribution in [0.4, 0.5) is 13.6 Å². The van der Waals surface area contributed by atoms with Crippen molar-refractivity contribution in [3.63, 3.8) is 0 Å². The second-order valence-electron chi connectivity index (χ2n) is 5.35. The van der Waals surface area contributed by atoms with E-state index in [9.17, 15) is 13.6 Å². The van der Waals surface area contributed by atoms with Crippen LogP contribution in [0.2, 0.25) is 0 Å². The molecular weight excluding hydrogens is 346 g/mol. The third-order valence-corrected chi connectivity index (χ3v) is 3.46. The molecule has 3 aromatic rings. The molecule has 26 heavy (non-hydrogen) atoms. The quantitative estimate of drug-likeness (QED) is 0.722. The number of carbonyl (C=O) groups is 1. The molecule has 1 aromatic heterocycles. The second-order valence-corrected chi connectivity index (χ2v) is 5.35. The van der Waals surface area contributed by atoms with Crippen LogP contribution in [0.25, 0.3) is 11.3 Å². The normalized spacial score (nSPS) is 10.5. The van der Waals surface area contributed by atoms with Crippen molar-refractivity contribution in [1.82, 2.24) is 5.16 Å². The monoisotopic (exact) mass is 360 g/mol. The number of amides is 1. The molecule has 0 unspecified atom stereocenters. The van der Waals surface area contributed by atoms with Crippen molar-refractivity contribution in [2.75, 3.05) is 0 Å². The summed E-state index contributed by atoms with van der Waals surface area (Å²) in [5, 5.41) is 3.88. The van der Waals surface area contributed by atoms with Crippen LogP contribution < -0.4 is 10.5 Å². The van der Waals surface area contributed by atoms with Crippen molar-refractivity contribution in [1.29, 1.82) is 0 Å². The van der Waals surface area contributed by atoms with E-state index in [1.807, 2.05) is 0 Å². The number of halogens is 2. The van der Waals surface area contributed by atoms with Crippen LogP contribution in [-0.4, -0.2) is 11.2 Å². The minimum absolute atomic E-state index is 0.0994. The number of benzene rings is 2. The first kappa shape index (κ1) is 17.4. The maximum absolute atomic E-state index is 13.2. The number of carbonyl (C=O) groups excluding carboxylic acids is 1. The first-order valence-corrected chi connectivity index (χ1v) is 7.56. The highest BCUT2D eigenvalue weighted by molar-refractivity contribution is 5.64. The SMILES string of the molecule is NC(=O)OCc1cc(-c2ccc(OCc3ccc(F)c(F)c3)cc2)no1. The Morgan fingerprint density at radius 2 is 1.81 bits per heavy atom. The minimum Gasteiger partial charge on any atom is -0.489 e. The van der Waals surface area contributed by atoms with Crippen LogP contribution >= 0.6 is 0 Å². The largest absolute Gasteiger partial charge is 0.489 e. The number of hydrogen-bond donors (Lipinski definition) is 1. The van der Waals surface area contributed by atoms with Gasteiger partial charge in [-0.25, -0.2) is 13.6 Å². The predicted molar refractivity (Wildman–Crippen MR) is 87.0 cm³/mol. The van der Waals surface area contributed by atoms with E-state index >= 15 is 0 Å². The average molecular weight is 360 g/mol. The fraction of sp³-hybridized carbons (Fsp3) is 0.111. The number of nitrogens with two attached hydrogens (primary N) is 1. The van der Waals surface area contributed by atoms with Gasteiger partial charge < -0.3 is 19.7 Å². The van der Waals surface area contributed by atoms with Crippen LogP contribution in [0, 0.1) is 11.6 Å². The number of primary amides is 1. The summed E-state index contributed by atoms with van der Waals surface area (Å²) < 4.78 is 41.3. The number of ether oxygens (including phenoxy) is 2. The van der Waals surface area contributed by atoms with Gasteiger partial charge in [0.2, 0.25) is 0 Å². The molecule has 0 aliphatic heterocycles. The molecule has 134 valence electrons. The molecule has 6 nitrogen and oxygen atoms in total. The van der Waals surface area contributed by atoms with Gasteiger partial charge in [0.25, 0.3) is 0 Å². The standard InChI is InChI=1S/C18H14F2N2O4/c19-15-6-1-11(7-16(15)20)9-24-13-4-2-12(3-5-13)17-8-14(26-22-17)10-25-18(21)23/h1-8H,9-10H2,(H2,21,23). The third-order valence-electron chi connectivity index (χ3n) is 3.46. The summed E-state index contributed by atoms with van der Waals surface area (Å²) in [5.74, 6) is -0.897. The molecule has 0 radical (unpaired) electrons. The number of rotatable bonds is 6. The Balaban J connectivity index is 1.61. The van der Waals surface area contributed by atoms with Crippen LogP contribution in [-0.2, 0) is 18.0 Å². The van der Waals surface area contributed by atoms with Gasteiger partial charge in [-0.2, -0.15) is 0 Å². The molecule has 0 atom stereocenters. The first-order chi connectivity index (χ1) is 12.5. The van der Waals surface area contributed by atoms with Crippen molar-refractivity contribution in [3.8, 4) is 17.0 Å². The van der Waals surface area contributed by atoms with E-state index in [0.29, 0.717) is 22.8 Å². The predicted octanol–water partition coefficient (Wildman–Crippen LogP) is 3.79. The van der Waals surface area contributed by atoms with Gasteiger partial charge in [-0.15, -0.1) is 0 Å². The van der Waals surface area contributed by atoms with Crippen LogP contribution in [0.1, 0.15) is 11.3 Å². The summed E-state index contributed by atoms with van der Waals surface area (Å²) in [6.45, 7) is 0.00681. The summed E-state index contributed by atoms with van der Waals surface area (Å²) in [7, 11) is 0. The van der Waals surface area contributed by atoms with E-state index in [0.717, 1.165) is 17.7 Å². The van der Waals surface area contributed by atoms with Gasteiger partial charge in [0.1, 0.15) is 18.1 Å². The van der Waals surface area contributed by atoms with Crippen LogP contribution in [0.3, 0.4) is 0 Å². The summed E-state index contributed by atoms with van der Waals surface area (Å²) in [6, 6.07) is 12.2. The molecule has 3 rings (SSSR count). The van der Waals surface area contributed by atoms with Crippen molar-refractivity contribution < 1.29 is 27.6 Å². The van der Waals surface area contributed by atoms with E-state index in [1.165, 1.54) is 6.07 Å². The zero-order valence-corrected chi connectivity index (χ0v) is 13.4. The molecule has 1 amide bonds. The van der Waals surface area contributed by atoms with Crippen LogP contribution in [0.5, 0.6) is 5.75 Å². The van der Waals surface area contributed by atoms with Crippen LogP contribution in [0.15, 0.2) is 53.1 Å². The van der Waals surface area contributed by atoms with Crippen molar-refractivity contribution >= 4 is 6.09 Å². The van der Waals surface area contributed by atoms with E-state index in [1.54, 1.807) is 30.3 Å². The van der Waals surface area contributed by atoms with Gasteiger partial charge in [-0.1, -0.05) is 11.2 Å². The minimum atomic E-state index is -0.913. The van der Waals surface area contributed by atoms with Gasteiger partial charge in [0.05, 0.1) is 0 Å². The van der Waals surface area contributed by atoms with Gasteiger partial charge in [0.15, 0.2) is 24.0 Å². The molecular formula is C18H14F2N2O4. The van der Waals surface area contributed by atoms with Crippen molar-refractivity contribution in [2.24, 2.45) is 5.73 Å². The summed E-state index contributed by atoms with van der Waals surface area (Å²) in [6.07, 6.45) is -0.898. The van der Waals surface area contributed by atoms with Gasteiger partial charge >= 0.3 is 6.09 Å². The Hall–Kier alpha value is -3.42. The lowest BCUT2D eigenvalue weighted by Gasteiger charge is -2.07. The zero-order valence-electron chi connectivity index (χ0n) is 13.4. The molecule has 8 heteroatoms. The van der Waals surface area contributed by atoms with Gasteiger partial charge in [-0.05, 0) is 42.0 Å². The maximum atomic E-state index is 13.2. The second kappa shape index (κ2) is 7.64. The van der Waals surface area contributed by atoms with Gasteiger partial charge in [-0.3, -0.25) is 0 Å². The van der Waals surface area contributed by atoms with E-state index < -0.39 is 17.7 Å². The Kier molecular flexibility index (Phi) is 5.12. The van der Waals surface area contributed by atoms with Crippen molar-refractivity contribution in [3.05, 3.63) is 71.5 Å². The fourth-order valence-corrected chi connectivity index (χ4v) is 2.18. The summed E-state index contributed by atoms with van der Waals surface area (Å²) in [4.78, 5) is 10.6. The first-order valence-electron chi connectivity index (χ1n) is 7.56. The molecule has 0 aliphatic rings. The zero-order chi connectivity index (χ0) is 18.5. The van der Waals surface area contributed by atoms with E-state index in [4.69, 9.17) is 15.0 Å². The molecule has 0 aliphatic carbocycles. The van der Waals surface area contributed by atoms with Gasteiger partial charge in [0, 0.05) is 11.6 Å². The molecule has 1 heterocycles. The molecule has 0 spiro atoms. The number of nitrogens with zero attached hydrogens (tertiary/aromatic N) is 1. The molecule has 2 aromatic carbocycles. The average Bonchev–Trinajstić information content (AvgIpc) is 3.10. The topological polar surface area (TPSA) is 87.6 Å². The maximum Gasteiger partial charge on any atom is 0.404 e. The van der Waals surface area contributed by atoms with Crippen molar-refractivity contribution in [2.45, 2.75) is 13.2 Å². The highest BCUT2D eigenvalue weighted by atomic mass is 19.2. The third kappa shape index (κ3) is 4.35. The smallest absolute Gasteiger partial charge is 0.404 e. The number of hydrogen-bond acceptors (Lipinski definition) is 5. The molecule has 0 saturated heterocycles. The lowest BCUT2D eigenvalue weighted by atomic mass is 10.1. The fourth-order valence-electron chi connectivity index (χ4n) is 2.18. The highest BCUT2D eigenvalue weighted by Gasteiger charge is 2.09. The molecule has 0 fully saturated rings. The summed E-state index contributed by atoms with van der Waals surface area (Å²) in [5.41, 5.74) is 6.72. The number of aromatic nitrogens is 1. The highest BCUT2D eigenvalue weighted by Crippen LogP contribution is 2.23. The lowest BCUT2D eigenvalue weighted by Crippen LogP contribution is -2.12. The Morgan fingerprint density at radius 3 is 2.50 bits per heavy atom. The Bertz CT molecular complexity index is 910. The molecule has 2 N–H and O–H groups in total. The summed E-state index contributed by atoms with van der Waals surface area (Å²) >= 11 is 0. The molecule has 0 bridgehead atoms. The van der Waals surface area contributed by atoms with E-state index in [2.05, 4.69) is 9.89 Å². The molecule has 0 saturated carbocycles. The Morgan fingerprint density at radius 1 is 1.04 bits per heavy atom.